The highest BCUT2D eigenvalue weighted by molar-refractivity contribution is 6.07. The Morgan fingerprint density at radius 3 is 1.94 bits per heavy atom. The van der Waals surface area contributed by atoms with E-state index in [2.05, 4.69) is 0 Å². The summed E-state index contributed by atoms with van der Waals surface area (Å²) in [5.41, 5.74) is 2.64. The quantitative estimate of drug-likeness (QED) is 0.213. The van der Waals surface area contributed by atoms with Crippen molar-refractivity contribution >= 4 is 17.8 Å². The number of ether oxygens (including phenoxy) is 4. The van der Waals surface area contributed by atoms with E-state index in [1.54, 1.807) is 54.6 Å². The van der Waals surface area contributed by atoms with Crippen molar-refractivity contribution in [3.05, 3.63) is 89.0 Å². The first-order valence-electron chi connectivity index (χ1n) is 9.87. The lowest BCUT2D eigenvalue weighted by atomic mass is 10.1. The third kappa shape index (κ3) is 5.16. The van der Waals surface area contributed by atoms with E-state index < -0.39 is 5.97 Å². The van der Waals surface area contributed by atoms with Crippen LogP contribution in [-0.2, 0) is 0 Å². The number of esters is 1. The molecular weight excluding hydrogens is 408 g/mol. The molecule has 0 radical (unpaired) electrons. The van der Waals surface area contributed by atoms with E-state index in [1.807, 2.05) is 19.1 Å². The summed E-state index contributed by atoms with van der Waals surface area (Å²) in [7, 11) is 4.58. The summed E-state index contributed by atoms with van der Waals surface area (Å²) < 4.78 is 21.4. The van der Waals surface area contributed by atoms with Crippen LogP contribution in [0, 0.1) is 6.92 Å². The molecule has 0 aromatic heterocycles. The van der Waals surface area contributed by atoms with Gasteiger partial charge < -0.3 is 18.9 Å². The summed E-state index contributed by atoms with van der Waals surface area (Å²) in [6.45, 7) is 1.94. The predicted molar refractivity (Wildman–Crippen MR) is 122 cm³/mol. The van der Waals surface area contributed by atoms with Crippen LogP contribution in [-0.4, -0.2) is 33.1 Å². The van der Waals surface area contributed by atoms with Gasteiger partial charge in [-0.2, -0.15) is 0 Å². The van der Waals surface area contributed by atoms with Gasteiger partial charge in [-0.1, -0.05) is 17.7 Å². The number of aryl methyl sites for hydroxylation is 1. The van der Waals surface area contributed by atoms with Crippen LogP contribution in [0.5, 0.6) is 23.0 Å². The first-order valence-corrected chi connectivity index (χ1v) is 9.87. The fraction of sp³-hybridized carbons (Fsp3) is 0.154. The minimum Gasteiger partial charge on any atom is -0.493 e. The van der Waals surface area contributed by atoms with Gasteiger partial charge in [-0.3, -0.25) is 4.79 Å². The van der Waals surface area contributed by atoms with E-state index in [0.717, 1.165) is 5.56 Å². The van der Waals surface area contributed by atoms with Gasteiger partial charge >= 0.3 is 5.97 Å². The predicted octanol–water partition coefficient (Wildman–Crippen LogP) is 5.14. The summed E-state index contributed by atoms with van der Waals surface area (Å²) in [5.74, 6) is 1.14. The van der Waals surface area contributed by atoms with Crippen LogP contribution in [0.4, 0.5) is 0 Å². The fourth-order valence-corrected chi connectivity index (χ4v) is 3.06. The van der Waals surface area contributed by atoms with Crippen molar-refractivity contribution in [2.45, 2.75) is 6.92 Å². The normalized spacial score (nSPS) is 10.6. The van der Waals surface area contributed by atoms with Crippen LogP contribution in [0.1, 0.15) is 31.8 Å². The van der Waals surface area contributed by atoms with Crippen molar-refractivity contribution in [3.8, 4) is 23.0 Å². The number of allylic oxidation sites excluding steroid dienone is 1. The molecule has 0 amide bonds. The summed E-state index contributed by atoms with van der Waals surface area (Å²) in [4.78, 5) is 24.8. The molecule has 3 aromatic rings. The number of carbonyl (C=O) groups is 2. The van der Waals surface area contributed by atoms with Crippen LogP contribution >= 0.6 is 0 Å². The molecule has 0 aliphatic rings. The highest BCUT2D eigenvalue weighted by atomic mass is 16.5. The van der Waals surface area contributed by atoms with E-state index in [9.17, 15) is 9.59 Å². The second-order valence-corrected chi connectivity index (χ2v) is 6.90. The summed E-state index contributed by atoms with van der Waals surface area (Å²) in [5, 5.41) is 0. The second-order valence-electron chi connectivity index (χ2n) is 6.90. The molecule has 0 heterocycles. The minimum absolute atomic E-state index is 0.210. The lowest BCUT2D eigenvalue weighted by Gasteiger charge is -2.13. The Balaban J connectivity index is 1.72. The zero-order chi connectivity index (χ0) is 23.1. The van der Waals surface area contributed by atoms with Gasteiger partial charge in [0.15, 0.2) is 17.3 Å². The molecule has 3 aromatic carbocycles. The van der Waals surface area contributed by atoms with Crippen molar-refractivity contribution in [1.29, 1.82) is 0 Å². The van der Waals surface area contributed by atoms with Gasteiger partial charge in [0.25, 0.3) is 0 Å². The molecule has 164 valence electrons. The van der Waals surface area contributed by atoms with Gasteiger partial charge in [-0.15, -0.1) is 0 Å². The molecule has 0 saturated heterocycles. The van der Waals surface area contributed by atoms with Gasteiger partial charge in [0.05, 0.1) is 26.9 Å². The monoisotopic (exact) mass is 432 g/mol. The van der Waals surface area contributed by atoms with E-state index in [0.29, 0.717) is 39.7 Å². The average molecular weight is 432 g/mol. The van der Waals surface area contributed by atoms with Crippen molar-refractivity contribution in [2.24, 2.45) is 0 Å². The molecule has 6 nitrogen and oxygen atoms in total. The maximum Gasteiger partial charge on any atom is 0.343 e. The number of rotatable bonds is 8. The summed E-state index contributed by atoms with van der Waals surface area (Å²) in [6.07, 6.45) is 3.09. The van der Waals surface area contributed by atoms with Crippen LogP contribution in [0.2, 0.25) is 0 Å². The number of ketones is 1. The second kappa shape index (κ2) is 10.3. The average Bonchev–Trinajstić information content (AvgIpc) is 2.82. The maximum atomic E-state index is 12.6. The van der Waals surface area contributed by atoms with E-state index in [-0.39, 0.29) is 5.78 Å². The largest absolute Gasteiger partial charge is 0.493 e. The number of hydrogen-bond donors (Lipinski definition) is 0. The molecule has 0 N–H and O–H groups in total. The minimum atomic E-state index is -0.454. The third-order valence-electron chi connectivity index (χ3n) is 4.79. The number of hydrogen-bond acceptors (Lipinski definition) is 6. The molecule has 0 unspecified atom stereocenters. The van der Waals surface area contributed by atoms with Gasteiger partial charge in [-0.25, -0.2) is 4.79 Å². The summed E-state index contributed by atoms with van der Waals surface area (Å²) in [6, 6.07) is 17.0. The topological polar surface area (TPSA) is 71.1 Å². The highest BCUT2D eigenvalue weighted by Crippen LogP contribution is 2.40. The molecule has 0 atom stereocenters. The molecule has 0 spiro atoms. The van der Waals surface area contributed by atoms with Gasteiger partial charge in [0.2, 0.25) is 5.75 Å². The third-order valence-corrected chi connectivity index (χ3v) is 4.79. The van der Waals surface area contributed by atoms with Crippen LogP contribution in [0.3, 0.4) is 0 Å². The molecule has 0 aliphatic heterocycles. The van der Waals surface area contributed by atoms with Gasteiger partial charge in [0, 0.05) is 11.1 Å². The zero-order valence-electron chi connectivity index (χ0n) is 18.4. The van der Waals surface area contributed by atoms with Gasteiger partial charge in [-0.05, 0) is 67.6 Å². The number of carbonyl (C=O) groups excluding carboxylic acids is 2. The molecule has 0 aliphatic carbocycles. The number of methoxy groups -OCH3 is 3. The van der Waals surface area contributed by atoms with E-state index in [4.69, 9.17) is 18.9 Å². The van der Waals surface area contributed by atoms with Crippen molar-refractivity contribution in [2.75, 3.05) is 21.3 Å². The lowest BCUT2D eigenvalue weighted by molar-refractivity contribution is 0.0734. The van der Waals surface area contributed by atoms with Crippen LogP contribution < -0.4 is 18.9 Å². The van der Waals surface area contributed by atoms with Crippen molar-refractivity contribution in [3.63, 3.8) is 0 Å². The molecule has 0 bridgehead atoms. The Labute approximate surface area is 187 Å². The lowest BCUT2D eigenvalue weighted by Crippen LogP contribution is -2.08. The maximum absolute atomic E-state index is 12.6. The molecule has 32 heavy (non-hydrogen) atoms. The number of benzene rings is 3. The molecule has 0 fully saturated rings. The van der Waals surface area contributed by atoms with E-state index in [1.165, 1.54) is 27.4 Å². The Kier molecular flexibility index (Phi) is 7.29. The Hall–Kier alpha value is -4.06. The first kappa shape index (κ1) is 22.6. The SMILES string of the molecule is COc1ccc(/C=C/C(=O)c2ccc(OC(=O)c3ccc(C)cc3)cc2)c(OC)c1OC. The molecule has 3 rings (SSSR count). The Morgan fingerprint density at radius 1 is 0.719 bits per heavy atom. The standard InChI is InChI=1S/C26H24O6/c1-17-5-7-20(8-6-17)26(28)32-21-13-9-18(10-14-21)22(27)15-11-19-12-16-23(29-2)25(31-4)24(19)30-3/h5-16H,1-4H3/b15-11+. The van der Waals surface area contributed by atoms with Crippen LogP contribution in [0.25, 0.3) is 6.08 Å². The Morgan fingerprint density at radius 2 is 1.34 bits per heavy atom. The first-order chi connectivity index (χ1) is 15.5. The molecular formula is C26H24O6. The Bertz CT molecular complexity index is 1130. The van der Waals surface area contributed by atoms with E-state index >= 15 is 0 Å². The molecule has 0 saturated carbocycles. The molecule has 6 heteroatoms. The van der Waals surface area contributed by atoms with Crippen molar-refractivity contribution < 1.29 is 28.5 Å². The fourth-order valence-electron chi connectivity index (χ4n) is 3.06. The summed E-state index contributed by atoms with van der Waals surface area (Å²) >= 11 is 0. The van der Waals surface area contributed by atoms with Gasteiger partial charge in [0.1, 0.15) is 5.75 Å². The van der Waals surface area contributed by atoms with Crippen LogP contribution in [0.15, 0.2) is 66.7 Å². The smallest absolute Gasteiger partial charge is 0.343 e. The highest BCUT2D eigenvalue weighted by Gasteiger charge is 2.15. The van der Waals surface area contributed by atoms with Crippen molar-refractivity contribution in [1.82, 2.24) is 0 Å². The zero-order valence-corrected chi connectivity index (χ0v) is 18.4.